The number of hydrogen-bond donors (Lipinski definition) is 1. The van der Waals surface area contributed by atoms with Crippen molar-refractivity contribution in [3.8, 4) is 5.69 Å². The summed E-state index contributed by atoms with van der Waals surface area (Å²) in [5.74, 6) is -0.390. The molecule has 0 amide bonds. The van der Waals surface area contributed by atoms with Crippen LogP contribution in [-0.2, 0) is 4.74 Å². The van der Waals surface area contributed by atoms with E-state index in [4.69, 9.17) is 10.5 Å². The van der Waals surface area contributed by atoms with Gasteiger partial charge in [-0.25, -0.2) is 4.79 Å². The number of nitrogens with two attached hydrogens (primary N) is 1. The molecule has 0 fully saturated rings. The number of esters is 1. The summed E-state index contributed by atoms with van der Waals surface area (Å²) in [7, 11) is 0. The van der Waals surface area contributed by atoms with Crippen molar-refractivity contribution in [2.45, 2.75) is 24.8 Å². The molecule has 1 aromatic carbocycles. The Morgan fingerprint density at radius 2 is 2.20 bits per heavy atom. The van der Waals surface area contributed by atoms with Gasteiger partial charge >= 0.3 is 5.97 Å². The van der Waals surface area contributed by atoms with Crippen molar-refractivity contribution in [2.75, 3.05) is 12.0 Å². The summed E-state index contributed by atoms with van der Waals surface area (Å²) in [6.45, 7) is 3.53. The third-order valence-corrected chi connectivity index (χ3v) is 3.26. The lowest BCUT2D eigenvalue weighted by Gasteiger charge is -2.07. The molecule has 106 valence electrons. The largest absolute Gasteiger partial charge is 0.458 e. The third-order valence-electron chi connectivity index (χ3n) is 2.54. The van der Waals surface area contributed by atoms with Crippen LogP contribution in [0.1, 0.15) is 24.3 Å². The predicted octanol–water partition coefficient (Wildman–Crippen LogP) is 2.14. The standard InChI is InChI=1S/C13H16N4O2S/c1-8(2)19-13(18)11-12(14)17(16-15-11)9-5-4-6-10(7-9)20-3/h4-8H,14H2,1-3H3. The quantitative estimate of drug-likeness (QED) is 0.686. The van der Waals surface area contributed by atoms with Crippen LogP contribution in [0.15, 0.2) is 29.2 Å². The topological polar surface area (TPSA) is 83.0 Å². The summed E-state index contributed by atoms with van der Waals surface area (Å²) in [5, 5.41) is 7.73. The Hall–Kier alpha value is -2.02. The van der Waals surface area contributed by atoms with Crippen molar-refractivity contribution in [1.29, 1.82) is 0 Å². The van der Waals surface area contributed by atoms with Gasteiger partial charge in [0.1, 0.15) is 0 Å². The number of anilines is 1. The maximum Gasteiger partial charge on any atom is 0.363 e. The number of carbonyl (C=O) groups is 1. The minimum absolute atomic E-state index is 0.0354. The zero-order valence-corrected chi connectivity index (χ0v) is 12.3. The average molecular weight is 292 g/mol. The van der Waals surface area contributed by atoms with Gasteiger partial charge in [-0.2, -0.15) is 4.68 Å². The smallest absolute Gasteiger partial charge is 0.363 e. The van der Waals surface area contributed by atoms with Crippen molar-refractivity contribution >= 4 is 23.5 Å². The second-order valence-electron chi connectivity index (χ2n) is 4.39. The number of ether oxygens (including phenoxy) is 1. The summed E-state index contributed by atoms with van der Waals surface area (Å²) < 4.78 is 6.50. The highest BCUT2D eigenvalue weighted by Gasteiger charge is 2.20. The Kier molecular flexibility index (Phi) is 4.29. The predicted molar refractivity (Wildman–Crippen MR) is 78.1 cm³/mol. The fraction of sp³-hybridized carbons (Fsp3) is 0.308. The highest BCUT2D eigenvalue weighted by molar-refractivity contribution is 7.98. The van der Waals surface area contributed by atoms with Crippen LogP contribution in [0.4, 0.5) is 5.82 Å². The van der Waals surface area contributed by atoms with E-state index >= 15 is 0 Å². The van der Waals surface area contributed by atoms with Crippen LogP contribution in [-0.4, -0.2) is 33.3 Å². The van der Waals surface area contributed by atoms with Gasteiger partial charge in [0.2, 0.25) is 5.69 Å². The van der Waals surface area contributed by atoms with Gasteiger partial charge in [-0.3, -0.25) is 0 Å². The van der Waals surface area contributed by atoms with Crippen molar-refractivity contribution in [2.24, 2.45) is 0 Å². The molecule has 0 atom stereocenters. The molecule has 0 aliphatic rings. The molecule has 6 nitrogen and oxygen atoms in total. The van der Waals surface area contributed by atoms with Gasteiger partial charge in [0, 0.05) is 4.90 Å². The number of aromatic nitrogens is 3. The van der Waals surface area contributed by atoms with Gasteiger partial charge in [-0.15, -0.1) is 16.9 Å². The SMILES string of the molecule is CSc1cccc(-n2nnc(C(=O)OC(C)C)c2N)c1. The fourth-order valence-corrected chi connectivity index (χ4v) is 2.09. The number of nitrogens with zero attached hydrogens (tertiary/aromatic N) is 3. The summed E-state index contributed by atoms with van der Waals surface area (Å²) in [6, 6.07) is 7.65. The monoisotopic (exact) mass is 292 g/mol. The molecule has 2 rings (SSSR count). The average Bonchev–Trinajstić information content (AvgIpc) is 2.80. The number of rotatable bonds is 4. The Balaban J connectivity index is 2.35. The molecule has 0 saturated carbocycles. The van der Waals surface area contributed by atoms with Gasteiger partial charge in [0.25, 0.3) is 0 Å². The first-order chi connectivity index (χ1) is 9.52. The Morgan fingerprint density at radius 3 is 2.85 bits per heavy atom. The molecule has 20 heavy (non-hydrogen) atoms. The van der Waals surface area contributed by atoms with E-state index in [9.17, 15) is 4.79 Å². The van der Waals surface area contributed by atoms with Gasteiger partial charge in [-0.1, -0.05) is 11.3 Å². The molecule has 2 N–H and O–H groups in total. The zero-order valence-electron chi connectivity index (χ0n) is 11.5. The molecule has 0 bridgehead atoms. The number of thioether (sulfide) groups is 1. The first kappa shape index (κ1) is 14.4. The highest BCUT2D eigenvalue weighted by Crippen LogP contribution is 2.21. The molecule has 2 aromatic rings. The van der Waals surface area contributed by atoms with Gasteiger partial charge < -0.3 is 10.5 Å². The normalized spacial score (nSPS) is 10.8. The molecule has 0 aliphatic heterocycles. The number of benzene rings is 1. The van der Waals surface area contributed by atoms with E-state index in [1.54, 1.807) is 25.6 Å². The molecule has 7 heteroatoms. The first-order valence-electron chi connectivity index (χ1n) is 6.09. The molecular weight excluding hydrogens is 276 g/mol. The van der Waals surface area contributed by atoms with Gasteiger partial charge in [0.05, 0.1) is 11.8 Å². The van der Waals surface area contributed by atoms with Crippen LogP contribution < -0.4 is 5.73 Å². The maximum absolute atomic E-state index is 11.8. The van der Waals surface area contributed by atoms with E-state index in [1.165, 1.54) is 4.68 Å². The summed E-state index contributed by atoms with van der Waals surface area (Å²) in [4.78, 5) is 12.9. The zero-order chi connectivity index (χ0) is 14.7. The fourth-order valence-electron chi connectivity index (χ4n) is 1.64. The van der Waals surface area contributed by atoms with E-state index in [2.05, 4.69) is 10.3 Å². The summed E-state index contributed by atoms with van der Waals surface area (Å²) in [5.41, 5.74) is 6.72. The summed E-state index contributed by atoms with van der Waals surface area (Å²) >= 11 is 1.61. The Labute approximate surface area is 121 Å². The van der Waals surface area contributed by atoms with Crippen LogP contribution in [0.2, 0.25) is 0 Å². The van der Waals surface area contributed by atoms with Crippen molar-refractivity contribution in [3.63, 3.8) is 0 Å². The van der Waals surface area contributed by atoms with Gasteiger partial charge in [-0.05, 0) is 38.3 Å². The number of hydrogen-bond acceptors (Lipinski definition) is 6. The van der Waals surface area contributed by atoms with E-state index in [-0.39, 0.29) is 17.6 Å². The Morgan fingerprint density at radius 1 is 1.45 bits per heavy atom. The van der Waals surface area contributed by atoms with E-state index in [0.717, 1.165) is 10.6 Å². The molecule has 0 unspecified atom stereocenters. The van der Waals surface area contributed by atoms with E-state index in [0.29, 0.717) is 0 Å². The number of carbonyl (C=O) groups excluding carboxylic acids is 1. The Bertz CT molecular complexity index is 625. The lowest BCUT2D eigenvalue weighted by atomic mass is 10.3. The second-order valence-corrected chi connectivity index (χ2v) is 5.27. The van der Waals surface area contributed by atoms with Crippen LogP contribution in [0.5, 0.6) is 0 Å². The maximum atomic E-state index is 11.8. The minimum atomic E-state index is -0.565. The lowest BCUT2D eigenvalue weighted by Crippen LogP contribution is -2.14. The van der Waals surface area contributed by atoms with Crippen LogP contribution >= 0.6 is 11.8 Å². The number of nitrogen functional groups attached to an aromatic ring is 1. The van der Waals surface area contributed by atoms with Crippen LogP contribution in [0.3, 0.4) is 0 Å². The van der Waals surface area contributed by atoms with Crippen molar-refractivity contribution in [1.82, 2.24) is 15.0 Å². The van der Waals surface area contributed by atoms with Crippen molar-refractivity contribution < 1.29 is 9.53 Å². The molecule has 1 aromatic heterocycles. The third kappa shape index (κ3) is 2.93. The molecule has 0 aliphatic carbocycles. The molecular formula is C13H16N4O2S. The van der Waals surface area contributed by atoms with Crippen LogP contribution in [0, 0.1) is 0 Å². The van der Waals surface area contributed by atoms with Gasteiger partial charge in [0.15, 0.2) is 5.82 Å². The lowest BCUT2D eigenvalue weighted by molar-refractivity contribution is 0.0372. The van der Waals surface area contributed by atoms with E-state index in [1.807, 2.05) is 30.5 Å². The molecule has 0 spiro atoms. The minimum Gasteiger partial charge on any atom is -0.458 e. The highest BCUT2D eigenvalue weighted by atomic mass is 32.2. The van der Waals surface area contributed by atoms with Crippen molar-refractivity contribution in [3.05, 3.63) is 30.0 Å². The molecule has 0 saturated heterocycles. The molecule has 0 radical (unpaired) electrons. The second kappa shape index (κ2) is 5.96. The molecule has 1 heterocycles. The first-order valence-corrected chi connectivity index (χ1v) is 7.32. The van der Waals surface area contributed by atoms with E-state index < -0.39 is 5.97 Å². The summed E-state index contributed by atoms with van der Waals surface area (Å²) in [6.07, 6.45) is 1.75. The van der Waals surface area contributed by atoms with Crippen LogP contribution in [0.25, 0.3) is 5.69 Å².